The molecule has 26 heavy (non-hydrogen) atoms. The maximum atomic E-state index is 13.0. The van der Waals surface area contributed by atoms with Crippen molar-refractivity contribution in [3.63, 3.8) is 0 Å². The first-order valence-electron chi connectivity index (χ1n) is 8.75. The Kier molecular flexibility index (Phi) is 4.46. The maximum Gasteiger partial charge on any atom is 0.295 e. The topological polar surface area (TPSA) is 59.6 Å². The number of hydrogen-bond donors (Lipinski definition) is 0. The average Bonchev–Trinajstić information content (AvgIpc) is 3.34. The fourth-order valence-corrected chi connectivity index (χ4v) is 4.12. The molecule has 0 aromatic carbocycles. The summed E-state index contributed by atoms with van der Waals surface area (Å²) in [6, 6.07) is 3.92. The van der Waals surface area contributed by atoms with Crippen LogP contribution in [-0.4, -0.2) is 37.8 Å². The molecule has 4 rings (SSSR count). The summed E-state index contributed by atoms with van der Waals surface area (Å²) in [7, 11) is 0. The minimum absolute atomic E-state index is 0.0965. The number of aromatic nitrogens is 3. The quantitative estimate of drug-likeness (QED) is 0.665. The van der Waals surface area contributed by atoms with Gasteiger partial charge in [-0.1, -0.05) is 12.1 Å². The van der Waals surface area contributed by atoms with Crippen molar-refractivity contribution in [3.8, 4) is 10.6 Å². The smallest absolute Gasteiger partial charge is 0.295 e. The summed E-state index contributed by atoms with van der Waals surface area (Å²) in [5.74, 6) is -0.0965. The highest BCUT2D eigenvalue weighted by molar-refractivity contribution is 7.13. The van der Waals surface area contributed by atoms with Gasteiger partial charge in [0, 0.05) is 32.0 Å². The second-order valence-electron chi connectivity index (χ2n) is 6.41. The molecule has 1 fully saturated rings. The van der Waals surface area contributed by atoms with Crippen molar-refractivity contribution < 1.29 is 4.79 Å². The summed E-state index contributed by atoms with van der Waals surface area (Å²) in [6.07, 6.45) is 8.43. The van der Waals surface area contributed by atoms with Crippen molar-refractivity contribution in [3.05, 3.63) is 58.6 Å². The van der Waals surface area contributed by atoms with Gasteiger partial charge in [-0.25, -0.2) is 4.98 Å². The average molecular weight is 368 g/mol. The number of carbonyl (C=O) groups excluding carboxylic acids is 1. The molecule has 0 N–H and O–H groups in total. The summed E-state index contributed by atoms with van der Waals surface area (Å²) < 4.78 is 3.32. The van der Waals surface area contributed by atoms with E-state index < -0.39 is 0 Å². The lowest BCUT2D eigenvalue weighted by molar-refractivity contribution is 0.0719. The van der Waals surface area contributed by atoms with Crippen molar-refractivity contribution in [1.29, 1.82) is 0 Å². The van der Waals surface area contributed by atoms with Gasteiger partial charge in [0.1, 0.15) is 5.69 Å². The first-order chi connectivity index (χ1) is 12.7. The summed E-state index contributed by atoms with van der Waals surface area (Å²) in [6.45, 7) is 5.66. The Morgan fingerprint density at radius 3 is 2.77 bits per heavy atom. The molecule has 3 aromatic heterocycles. The second-order valence-corrected chi connectivity index (χ2v) is 7.35. The van der Waals surface area contributed by atoms with Crippen molar-refractivity contribution >= 4 is 22.9 Å². The van der Waals surface area contributed by atoms with Gasteiger partial charge in [0.25, 0.3) is 11.5 Å². The van der Waals surface area contributed by atoms with Crippen LogP contribution in [-0.2, 0) is 6.54 Å². The van der Waals surface area contributed by atoms with Crippen LogP contribution >= 0.6 is 11.3 Å². The maximum absolute atomic E-state index is 13.0. The van der Waals surface area contributed by atoms with Crippen LogP contribution in [0, 0.1) is 0 Å². The molecule has 0 aliphatic carbocycles. The minimum Gasteiger partial charge on any atom is -0.337 e. The van der Waals surface area contributed by atoms with Crippen molar-refractivity contribution in [1.82, 2.24) is 18.9 Å². The van der Waals surface area contributed by atoms with Gasteiger partial charge in [0.2, 0.25) is 5.65 Å². The molecule has 0 saturated carbocycles. The first kappa shape index (κ1) is 16.8. The van der Waals surface area contributed by atoms with E-state index in [1.54, 1.807) is 32.6 Å². The zero-order chi connectivity index (χ0) is 18.1. The van der Waals surface area contributed by atoms with E-state index in [9.17, 15) is 9.59 Å². The fourth-order valence-electron chi connectivity index (χ4n) is 3.38. The van der Waals surface area contributed by atoms with E-state index in [0.29, 0.717) is 12.2 Å². The molecular weight excluding hydrogens is 348 g/mol. The first-order valence-corrected chi connectivity index (χ1v) is 9.63. The third kappa shape index (κ3) is 2.88. The van der Waals surface area contributed by atoms with Crippen molar-refractivity contribution in [2.24, 2.45) is 0 Å². The molecule has 0 atom stereocenters. The lowest BCUT2D eigenvalue weighted by Gasteiger charge is -2.25. The molecule has 1 saturated heterocycles. The predicted octanol–water partition coefficient (Wildman–Crippen LogP) is 3.04. The highest BCUT2D eigenvalue weighted by Gasteiger charge is 2.22. The van der Waals surface area contributed by atoms with E-state index >= 15 is 0 Å². The molecule has 1 aliphatic rings. The molecule has 0 spiro atoms. The number of imidazole rings is 1. The Morgan fingerprint density at radius 1 is 1.27 bits per heavy atom. The van der Waals surface area contributed by atoms with Crippen molar-refractivity contribution in [2.45, 2.75) is 25.8 Å². The zero-order valence-electron chi connectivity index (χ0n) is 14.4. The van der Waals surface area contributed by atoms with Crippen LogP contribution in [0.3, 0.4) is 0 Å². The number of piperidine rings is 1. The Bertz CT molecular complexity index is 1010. The van der Waals surface area contributed by atoms with Crippen LogP contribution < -0.4 is 5.56 Å². The third-order valence-corrected chi connectivity index (χ3v) is 5.56. The normalized spacial score (nSPS) is 14.7. The molecular formula is C19H20N4O2S. The Labute approximate surface area is 155 Å². The third-order valence-electron chi connectivity index (χ3n) is 4.67. The molecule has 7 heteroatoms. The van der Waals surface area contributed by atoms with Gasteiger partial charge < -0.3 is 4.90 Å². The number of hydrogen-bond acceptors (Lipinski definition) is 4. The fraction of sp³-hybridized carbons (Fsp3) is 0.316. The number of likely N-dealkylation sites (tertiary alicyclic amines) is 1. The monoisotopic (exact) mass is 368 g/mol. The van der Waals surface area contributed by atoms with Crippen LogP contribution in [0.25, 0.3) is 16.2 Å². The molecule has 3 aromatic rings. The summed E-state index contributed by atoms with van der Waals surface area (Å²) in [5, 5.41) is 1.97. The second kappa shape index (κ2) is 6.92. The molecule has 1 amide bonds. The van der Waals surface area contributed by atoms with E-state index in [1.807, 2.05) is 28.6 Å². The summed E-state index contributed by atoms with van der Waals surface area (Å²) >= 11 is 1.57. The minimum atomic E-state index is -0.214. The van der Waals surface area contributed by atoms with Gasteiger partial charge in [-0.15, -0.1) is 17.9 Å². The predicted molar refractivity (Wildman–Crippen MR) is 103 cm³/mol. The Morgan fingerprint density at radius 2 is 2.08 bits per heavy atom. The SMILES string of the molecule is C=CCn1c(-c2cccs2)cn2cc(C(=O)N3CCCCC3)nc2c1=O. The standard InChI is InChI=1S/C19H20N4O2S/c1-2-8-23-15(16-7-6-11-26-16)13-22-12-14(20-17(22)19(23)25)18(24)21-9-4-3-5-10-21/h2,6-7,11-13H,1,3-5,8-10H2. The van der Waals surface area contributed by atoms with Crippen molar-refractivity contribution in [2.75, 3.05) is 13.1 Å². The lowest BCUT2D eigenvalue weighted by atomic mass is 10.1. The molecule has 4 heterocycles. The summed E-state index contributed by atoms with van der Waals surface area (Å²) in [5.41, 5.74) is 1.19. The molecule has 134 valence electrons. The largest absolute Gasteiger partial charge is 0.337 e. The van der Waals surface area contributed by atoms with Gasteiger partial charge in [-0.05, 0) is 30.7 Å². The zero-order valence-corrected chi connectivity index (χ0v) is 15.2. The number of nitrogens with zero attached hydrogens (tertiary/aromatic N) is 4. The number of allylic oxidation sites excluding steroid dienone is 1. The van der Waals surface area contributed by atoms with Gasteiger partial charge >= 0.3 is 0 Å². The molecule has 0 radical (unpaired) electrons. The summed E-state index contributed by atoms with van der Waals surface area (Å²) in [4.78, 5) is 32.9. The van der Waals surface area contributed by atoms with Crippen LogP contribution in [0.1, 0.15) is 29.8 Å². The molecule has 1 aliphatic heterocycles. The van der Waals surface area contributed by atoms with Gasteiger partial charge in [-0.2, -0.15) is 0 Å². The van der Waals surface area contributed by atoms with E-state index in [0.717, 1.165) is 42.9 Å². The Hall–Kier alpha value is -2.67. The number of rotatable bonds is 4. The highest BCUT2D eigenvalue weighted by atomic mass is 32.1. The molecule has 0 unspecified atom stereocenters. The molecule has 6 nitrogen and oxygen atoms in total. The number of thiophene rings is 1. The van der Waals surface area contributed by atoms with E-state index in [-0.39, 0.29) is 17.1 Å². The van der Waals surface area contributed by atoms with Gasteiger partial charge in [0.15, 0.2) is 0 Å². The highest BCUT2D eigenvalue weighted by Crippen LogP contribution is 2.24. The van der Waals surface area contributed by atoms with E-state index in [4.69, 9.17) is 0 Å². The molecule has 0 bridgehead atoms. The van der Waals surface area contributed by atoms with Crippen LogP contribution in [0.15, 0.2) is 47.4 Å². The van der Waals surface area contributed by atoms with Crippen LogP contribution in [0.5, 0.6) is 0 Å². The number of carbonyl (C=O) groups is 1. The Balaban J connectivity index is 1.82. The van der Waals surface area contributed by atoms with Crippen LogP contribution in [0.2, 0.25) is 0 Å². The number of amides is 1. The lowest BCUT2D eigenvalue weighted by Crippen LogP contribution is -2.35. The van der Waals surface area contributed by atoms with Crippen LogP contribution in [0.4, 0.5) is 0 Å². The van der Waals surface area contributed by atoms with E-state index in [2.05, 4.69) is 11.6 Å². The van der Waals surface area contributed by atoms with E-state index in [1.165, 1.54) is 0 Å². The van der Waals surface area contributed by atoms with Gasteiger partial charge in [0.05, 0.1) is 10.6 Å². The number of fused-ring (bicyclic) bond motifs is 1. The van der Waals surface area contributed by atoms with Gasteiger partial charge in [-0.3, -0.25) is 18.6 Å².